The van der Waals surface area contributed by atoms with E-state index in [4.69, 9.17) is 0 Å². The van der Waals surface area contributed by atoms with Gasteiger partial charge in [0.25, 0.3) is 0 Å². The van der Waals surface area contributed by atoms with Crippen molar-refractivity contribution in [2.45, 2.75) is 47.0 Å². The Bertz CT molecular complexity index is 3590. The SMILES string of the molecule is CC(C)(C)C1(C(C)(C)C)c2c(cc(-c3c4ccccc4c(-c4cc5ccccc5c5ccccc45)c4ccccc34)c3ccccc23)-c2c1c1ccccc1c1ccccc21. The third-order valence-electron chi connectivity index (χ3n) is 14.5. The summed E-state index contributed by atoms with van der Waals surface area (Å²) in [6.07, 6.45) is 0. The zero-order chi connectivity index (χ0) is 41.4. The van der Waals surface area contributed by atoms with Gasteiger partial charge in [-0.15, -0.1) is 0 Å². The molecular weight excluding hydrogens is 733 g/mol. The van der Waals surface area contributed by atoms with Crippen LogP contribution < -0.4 is 0 Å². The number of hydrogen-bond donors (Lipinski definition) is 0. The number of fused-ring (bicyclic) bond motifs is 15. The maximum absolute atomic E-state index is 2.62. The van der Waals surface area contributed by atoms with E-state index >= 15 is 0 Å². The topological polar surface area (TPSA) is 0 Å². The van der Waals surface area contributed by atoms with Crippen LogP contribution in [0.2, 0.25) is 0 Å². The van der Waals surface area contributed by atoms with Gasteiger partial charge in [0.05, 0.1) is 0 Å². The molecule has 61 heavy (non-hydrogen) atoms. The minimum absolute atomic E-state index is 0.134. The summed E-state index contributed by atoms with van der Waals surface area (Å²) < 4.78 is 0. The molecule has 1 aliphatic carbocycles. The second-order valence-electron chi connectivity index (χ2n) is 19.5. The zero-order valence-corrected chi connectivity index (χ0v) is 35.8. The molecule has 0 fully saturated rings. The van der Waals surface area contributed by atoms with Gasteiger partial charge in [-0.2, -0.15) is 0 Å². The lowest BCUT2D eigenvalue weighted by molar-refractivity contribution is 0.0977. The molecule has 0 nitrogen and oxygen atoms in total. The van der Waals surface area contributed by atoms with Gasteiger partial charge in [0.15, 0.2) is 0 Å². The molecule has 292 valence electrons. The summed E-state index contributed by atoms with van der Waals surface area (Å²) in [7, 11) is 0. The molecule has 12 rings (SSSR count). The van der Waals surface area contributed by atoms with Crippen molar-refractivity contribution in [1.29, 1.82) is 0 Å². The Morgan fingerprint density at radius 2 is 0.574 bits per heavy atom. The Morgan fingerprint density at radius 3 is 1.05 bits per heavy atom. The van der Waals surface area contributed by atoms with Crippen molar-refractivity contribution >= 4 is 75.4 Å². The lowest BCUT2D eigenvalue weighted by atomic mass is 9.49. The van der Waals surface area contributed by atoms with Crippen LogP contribution in [0, 0.1) is 10.8 Å². The highest BCUT2D eigenvalue weighted by molar-refractivity contribution is 6.28. The van der Waals surface area contributed by atoms with Crippen molar-refractivity contribution < 1.29 is 0 Å². The Labute approximate surface area is 358 Å². The normalized spacial score (nSPS) is 13.9. The molecule has 0 aromatic heterocycles. The molecular formula is C61H48. The molecule has 0 spiro atoms. The van der Waals surface area contributed by atoms with E-state index in [2.05, 4.69) is 224 Å². The van der Waals surface area contributed by atoms with E-state index in [9.17, 15) is 0 Å². The first kappa shape index (κ1) is 36.1. The van der Waals surface area contributed by atoms with Crippen molar-refractivity contribution in [3.8, 4) is 33.4 Å². The number of rotatable bonds is 2. The number of hydrogen-bond acceptors (Lipinski definition) is 0. The van der Waals surface area contributed by atoms with Gasteiger partial charge in [-0.3, -0.25) is 0 Å². The third kappa shape index (κ3) is 4.71. The van der Waals surface area contributed by atoms with Gasteiger partial charge in [0, 0.05) is 5.41 Å². The van der Waals surface area contributed by atoms with E-state index in [1.165, 1.54) is 120 Å². The highest BCUT2D eigenvalue weighted by Crippen LogP contribution is 2.69. The van der Waals surface area contributed by atoms with Crippen LogP contribution in [0.1, 0.15) is 52.7 Å². The van der Waals surface area contributed by atoms with E-state index in [1.807, 2.05) is 0 Å². The molecule has 11 aromatic carbocycles. The van der Waals surface area contributed by atoms with Crippen LogP contribution in [0.25, 0.3) is 109 Å². The maximum atomic E-state index is 2.62. The van der Waals surface area contributed by atoms with Crippen molar-refractivity contribution in [3.63, 3.8) is 0 Å². The van der Waals surface area contributed by atoms with Gasteiger partial charge in [0.2, 0.25) is 0 Å². The summed E-state index contributed by atoms with van der Waals surface area (Å²) in [5, 5.41) is 18.2. The van der Waals surface area contributed by atoms with Crippen LogP contribution >= 0.6 is 0 Å². The second-order valence-corrected chi connectivity index (χ2v) is 19.5. The van der Waals surface area contributed by atoms with Crippen molar-refractivity contribution in [2.24, 2.45) is 10.8 Å². The lowest BCUT2D eigenvalue weighted by Gasteiger charge is -2.54. The van der Waals surface area contributed by atoms with E-state index in [1.54, 1.807) is 0 Å². The molecule has 0 unspecified atom stereocenters. The summed E-state index contributed by atoms with van der Waals surface area (Å²) >= 11 is 0. The molecule has 0 amide bonds. The van der Waals surface area contributed by atoms with Gasteiger partial charge in [-0.05, 0) is 143 Å². The molecule has 1 aliphatic rings. The molecule has 0 aliphatic heterocycles. The summed E-state index contributed by atoms with van der Waals surface area (Å²) in [5.41, 5.74) is 10.3. The van der Waals surface area contributed by atoms with Gasteiger partial charge in [-0.25, -0.2) is 0 Å². The Balaban J connectivity index is 1.29. The fraction of sp³-hybridized carbons (Fsp3) is 0.148. The van der Waals surface area contributed by atoms with E-state index < -0.39 is 0 Å². The second kappa shape index (κ2) is 12.6. The molecule has 0 heterocycles. The first-order valence-corrected chi connectivity index (χ1v) is 21.9. The van der Waals surface area contributed by atoms with Gasteiger partial charge in [0.1, 0.15) is 0 Å². The van der Waals surface area contributed by atoms with Gasteiger partial charge < -0.3 is 0 Å². The van der Waals surface area contributed by atoms with E-state index in [0.717, 1.165) is 0 Å². The molecule has 11 aromatic rings. The Kier molecular flexibility index (Phi) is 7.48. The molecule has 0 radical (unpaired) electrons. The van der Waals surface area contributed by atoms with E-state index in [0.29, 0.717) is 0 Å². The van der Waals surface area contributed by atoms with Crippen LogP contribution in [0.4, 0.5) is 0 Å². The van der Waals surface area contributed by atoms with E-state index in [-0.39, 0.29) is 16.2 Å². The largest absolute Gasteiger partial charge is 0.0616 e. The van der Waals surface area contributed by atoms with Crippen molar-refractivity contribution in [1.82, 2.24) is 0 Å². The summed E-state index contributed by atoms with van der Waals surface area (Å²) in [5.74, 6) is 0. The first-order valence-electron chi connectivity index (χ1n) is 21.9. The lowest BCUT2D eigenvalue weighted by Crippen LogP contribution is -2.50. The van der Waals surface area contributed by atoms with Crippen LogP contribution in [-0.4, -0.2) is 0 Å². The minimum atomic E-state index is -0.322. The van der Waals surface area contributed by atoms with Crippen LogP contribution in [-0.2, 0) is 5.41 Å². The minimum Gasteiger partial charge on any atom is -0.0616 e. The fourth-order valence-electron chi connectivity index (χ4n) is 12.7. The highest BCUT2D eigenvalue weighted by Gasteiger charge is 2.59. The fourth-order valence-corrected chi connectivity index (χ4v) is 12.7. The molecule has 0 atom stereocenters. The average molecular weight is 781 g/mol. The number of benzene rings is 11. The Morgan fingerprint density at radius 1 is 0.262 bits per heavy atom. The standard InChI is InChI=1S/C61H48/c1-59(2,3)61(60(4,5)6)57-49-33-19-13-27-43(49)52(36-53(57)56-44-28-14-11-24-40(44)41-25-12-20-34-50(41)58(56)61)55-47-31-17-15-29-45(47)54(46-30-16-18-32-48(46)55)51-35-37-21-7-8-22-38(37)39-23-9-10-26-42(39)51/h7-36H,1-6H3. The third-order valence-corrected chi connectivity index (χ3v) is 14.5. The first-order chi connectivity index (χ1) is 29.6. The van der Waals surface area contributed by atoms with Crippen LogP contribution in [0.5, 0.6) is 0 Å². The smallest absolute Gasteiger partial charge is 0.0324 e. The van der Waals surface area contributed by atoms with Crippen LogP contribution in [0.3, 0.4) is 0 Å². The highest BCUT2D eigenvalue weighted by atomic mass is 14.6. The molecule has 0 N–H and O–H groups in total. The molecule has 0 bridgehead atoms. The molecule has 0 heteroatoms. The van der Waals surface area contributed by atoms with Gasteiger partial charge in [-0.1, -0.05) is 211 Å². The molecule has 0 saturated carbocycles. The van der Waals surface area contributed by atoms with Crippen LogP contribution in [0.15, 0.2) is 182 Å². The predicted octanol–water partition coefficient (Wildman–Crippen LogP) is 17.5. The summed E-state index contributed by atoms with van der Waals surface area (Å²) in [6, 6.07) is 69.0. The van der Waals surface area contributed by atoms with Crippen molar-refractivity contribution in [3.05, 3.63) is 193 Å². The maximum Gasteiger partial charge on any atom is 0.0324 e. The quantitative estimate of drug-likeness (QED) is 0.121. The zero-order valence-electron chi connectivity index (χ0n) is 35.8. The predicted molar refractivity (Wildman–Crippen MR) is 265 cm³/mol. The monoisotopic (exact) mass is 780 g/mol. The van der Waals surface area contributed by atoms with Gasteiger partial charge >= 0.3 is 0 Å². The summed E-state index contributed by atoms with van der Waals surface area (Å²) in [4.78, 5) is 0. The molecule has 0 saturated heterocycles. The average Bonchev–Trinajstić information content (AvgIpc) is 3.62. The summed E-state index contributed by atoms with van der Waals surface area (Å²) in [6.45, 7) is 14.9. The Hall–Kier alpha value is -6.76. The van der Waals surface area contributed by atoms with Crippen molar-refractivity contribution in [2.75, 3.05) is 0 Å².